The van der Waals surface area contributed by atoms with E-state index in [0.29, 0.717) is 19.4 Å². The number of hydrogen-bond acceptors (Lipinski definition) is 5. The van der Waals surface area contributed by atoms with Crippen molar-refractivity contribution in [3.05, 3.63) is 36.5 Å². The minimum Gasteiger partial charge on any atom is -0.466 e. The van der Waals surface area contributed by atoms with Crippen molar-refractivity contribution >= 4 is 11.9 Å². The molecule has 0 saturated heterocycles. The fourth-order valence-electron chi connectivity index (χ4n) is 12.6. The van der Waals surface area contributed by atoms with Gasteiger partial charge in [0.1, 0.15) is 0 Å². The van der Waals surface area contributed by atoms with Crippen molar-refractivity contribution in [2.24, 2.45) is 0 Å². The highest BCUT2D eigenvalue weighted by molar-refractivity contribution is 5.76. The summed E-state index contributed by atoms with van der Waals surface area (Å²) in [5, 5.41) is 23.3. The minimum absolute atomic E-state index is 0.0179. The second-order valence-corrected chi connectivity index (χ2v) is 27.4. The van der Waals surface area contributed by atoms with E-state index in [-0.39, 0.29) is 18.5 Å². The number of aliphatic hydroxyl groups excluding tert-OH is 2. The van der Waals surface area contributed by atoms with Crippen LogP contribution in [0.4, 0.5) is 0 Å². The maximum absolute atomic E-state index is 12.5. The Labute approximate surface area is 544 Å². The van der Waals surface area contributed by atoms with E-state index in [1.807, 2.05) is 6.08 Å². The van der Waals surface area contributed by atoms with Gasteiger partial charge >= 0.3 is 5.97 Å². The molecular weight excluding hydrogens is 1070 g/mol. The smallest absolute Gasteiger partial charge is 0.305 e. The van der Waals surface area contributed by atoms with Gasteiger partial charge in [0, 0.05) is 12.8 Å². The number of hydrogen-bond donors (Lipinski definition) is 3. The lowest BCUT2D eigenvalue weighted by Gasteiger charge is -2.20. The fourth-order valence-corrected chi connectivity index (χ4v) is 12.6. The molecule has 0 aromatic heterocycles. The summed E-state index contributed by atoms with van der Waals surface area (Å²) in [5.74, 6) is -0.0414. The highest BCUT2D eigenvalue weighted by atomic mass is 16.5. The molecule has 0 aliphatic carbocycles. The monoisotopic (exact) mass is 1220 g/mol. The third-order valence-corrected chi connectivity index (χ3v) is 18.7. The van der Waals surface area contributed by atoms with Crippen LogP contribution in [0.25, 0.3) is 0 Å². The van der Waals surface area contributed by atoms with Crippen molar-refractivity contribution in [1.82, 2.24) is 5.32 Å². The lowest BCUT2D eigenvalue weighted by molar-refractivity contribution is -0.143. The first-order chi connectivity index (χ1) is 43.0. The number of aliphatic hydroxyl groups is 2. The lowest BCUT2D eigenvalue weighted by Crippen LogP contribution is -2.45. The Morgan fingerprint density at radius 1 is 0.322 bits per heavy atom. The normalized spacial score (nSPS) is 12.6. The zero-order chi connectivity index (χ0) is 62.8. The summed E-state index contributed by atoms with van der Waals surface area (Å²) in [6.45, 7) is 4.93. The zero-order valence-electron chi connectivity index (χ0n) is 59.0. The standard InChI is InChI=1S/C81H155NO5/c1-3-5-7-9-11-13-15-17-19-21-37-41-45-49-53-57-61-65-69-73-79(84)78(77-83)82-80(85)74-70-66-62-58-54-50-46-42-39-35-33-31-29-27-25-23-24-26-28-30-32-34-36-40-44-48-52-56-60-64-68-72-76-87-81(86)75-71-67-63-59-55-51-47-43-38-22-20-18-16-14-12-10-8-6-4-2/h12,14,18,20,69,73,78-79,83-84H,3-11,13,15-17,19,21-68,70-72,74-77H2,1-2H3,(H,82,85)/b14-12-,20-18-,73-69+. The van der Waals surface area contributed by atoms with Gasteiger partial charge in [-0.2, -0.15) is 0 Å². The van der Waals surface area contributed by atoms with Crippen LogP contribution < -0.4 is 5.32 Å². The van der Waals surface area contributed by atoms with Crippen molar-refractivity contribution in [2.45, 2.75) is 456 Å². The van der Waals surface area contributed by atoms with E-state index >= 15 is 0 Å². The molecule has 0 rings (SSSR count). The molecule has 0 spiro atoms. The molecule has 0 aliphatic rings. The summed E-state index contributed by atoms with van der Waals surface area (Å²) in [4.78, 5) is 24.7. The van der Waals surface area contributed by atoms with E-state index in [1.165, 1.54) is 366 Å². The van der Waals surface area contributed by atoms with Crippen LogP contribution in [0.5, 0.6) is 0 Å². The van der Waals surface area contributed by atoms with Crippen LogP contribution in [0.15, 0.2) is 36.5 Å². The van der Waals surface area contributed by atoms with Gasteiger partial charge in [0.2, 0.25) is 5.91 Å². The topological polar surface area (TPSA) is 95.9 Å². The summed E-state index contributed by atoms with van der Waals surface area (Å²) < 4.78 is 5.52. The van der Waals surface area contributed by atoms with Gasteiger partial charge in [-0.1, -0.05) is 403 Å². The first-order valence-electron chi connectivity index (χ1n) is 39.8. The fraction of sp³-hybridized carbons (Fsp3) is 0.901. The SMILES string of the molecule is CCCCC/C=C\C/C=C\CCCCCCCCCCCC(=O)OCCCCCCCCCCCCCCCCCCCCCCCCCCCCCCCCCCC(=O)NC(CO)C(O)/C=C/CCCCCCCCCCCCCCCCCCC. The summed E-state index contributed by atoms with van der Waals surface area (Å²) in [6, 6.07) is -0.625. The number of amides is 1. The molecule has 514 valence electrons. The molecule has 2 unspecified atom stereocenters. The molecule has 0 saturated carbocycles. The van der Waals surface area contributed by atoms with Crippen molar-refractivity contribution < 1.29 is 24.5 Å². The van der Waals surface area contributed by atoms with Crippen molar-refractivity contribution in [2.75, 3.05) is 13.2 Å². The van der Waals surface area contributed by atoms with Gasteiger partial charge in [-0.25, -0.2) is 0 Å². The van der Waals surface area contributed by atoms with Gasteiger partial charge < -0.3 is 20.3 Å². The van der Waals surface area contributed by atoms with Gasteiger partial charge in [0.25, 0.3) is 0 Å². The van der Waals surface area contributed by atoms with E-state index < -0.39 is 12.1 Å². The van der Waals surface area contributed by atoms with Gasteiger partial charge in [0.15, 0.2) is 0 Å². The number of esters is 1. The third kappa shape index (κ3) is 73.0. The molecule has 0 aromatic rings. The quantitative estimate of drug-likeness (QED) is 0.0320. The van der Waals surface area contributed by atoms with Crippen LogP contribution in [0.3, 0.4) is 0 Å². The molecule has 0 radical (unpaired) electrons. The van der Waals surface area contributed by atoms with E-state index in [4.69, 9.17) is 4.74 Å². The van der Waals surface area contributed by atoms with E-state index in [1.54, 1.807) is 6.08 Å². The predicted molar refractivity (Wildman–Crippen MR) is 384 cm³/mol. The Hall–Kier alpha value is -1.92. The van der Waals surface area contributed by atoms with Crippen molar-refractivity contribution in [3.63, 3.8) is 0 Å². The third-order valence-electron chi connectivity index (χ3n) is 18.7. The van der Waals surface area contributed by atoms with E-state index in [2.05, 4.69) is 43.5 Å². The van der Waals surface area contributed by atoms with Crippen molar-refractivity contribution in [1.29, 1.82) is 0 Å². The Kier molecular flexibility index (Phi) is 74.8. The second kappa shape index (κ2) is 76.5. The molecule has 6 nitrogen and oxygen atoms in total. The van der Waals surface area contributed by atoms with E-state index in [9.17, 15) is 19.8 Å². The Balaban J connectivity index is 3.33. The number of unbranched alkanes of at least 4 members (excludes halogenated alkanes) is 60. The average molecular weight is 1220 g/mol. The van der Waals surface area contributed by atoms with Crippen molar-refractivity contribution in [3.8, 4) is 0 Å². The lowest BCUT2D eigenvalue weighted by atomic mass is 10.0. The zero-order valence-corrected chi connectivity index (χ0v) is 59.0. The first kappa shape index (κ1) is 85.1. The number of carbonyl (C=O) groups excluding carboxylic acids is 2. The summed E-state index contributed by atoms with van der Waals surface area (Å²) in [6.07, 6.45) is 99.8. The number of carbonyl (C=O) groups is 2. The maximum Gasteiger partial charge on any atom is 0.305 e. The van der Waals surface area contributed by atoms with Gasteiger partial charge in [-0.3, -0.25) is 9.59 Å². The Morgan fingerprint density at radius 3 is 0.897 bits per heavy atom. The van der Waals surface area contributed by atoms with Crippen LogP contribution >= 0.6 is 0 Å². The van der Waals surface area contributed by atoms with Crippen LogP contribution in [-0.2, 0) is 14.3 Å². The molecule has 3 N–H and O–H groups in total. The molecule has 6 heteroatoms. The number of ether oxygens (including phenoxy) is 1. The Morgan fingerprint density at radius 2 is 0.575 bits per heavy atom. The molecule has 0 aliphatic heterocycles. The summed E-state index contributed by atoms with van der Waals surface area (Å²) in [7, 11) is 0. The number of allylic oxidation sites excluding steroid dienone is 5. The van der Waals surface area contributed by atoms with Gasteiger partial charge in [0.05, 0.1) is 25.4 Å². The highest BCUT2D eigenvalue weighted by Gasteiger charge is 2.18. The summed E-state index contributed by atoms with van der Waals surface area (Å²) >= 11 is 0. The van der Waals surface area contributed by atoms with Crippen LogP contribution in [0.1, 0.15) is 444 Å². The average Bonchev–Trinajstić information content (AvgIpc) is 3.54. The molecule has 0 aromatic carbocycles. The molecule has 0 fully saturated rings. The second-order valence-electron chi connectivity index (χ2n) is 27.4. The van der Waals surface area contributed by atoms with Crippen LogP contribution in [-0.4, -0.2) is 47.4 Å². The van der Waals surface area contributed by atoms with Gasteiger partial charge in [-0.15, -0.1) is 0 Å². The minimum atomic E-state index is -0.842. The molecule has 1 amide bonds. The largest absolute Gasteiger partial charge is 0.466 e. The first-order valence-corrected chi connectivity index (χ1v) is 39.8. The predicted octanol–water partition coefficient (Wildman–Crippen LogP) is 26.2. The molecule has 87 heavy (non-hydrogen) atoms. The van der Waals surface area contributed by atoms with E-state index in [0.717, 1.165) is 51.4 Å². The highest BCUT2D eigenvalue weighted by Crippen LogP contribution is 2.20. The maximum atomic E-state index is 12.5. The van der Waals surface area contributed by atoms with Crippen LogP contribution in [0.2, 0.25) is 0 Å². The molecular formula is C81H155NO5. The number of rotatable bonds is 75. The molecule has 2 atom stereocenters. The number of nitrogens with one attached hydrogen (secondary N) is 1. The molecule has 0 bridgehead atoms. The molecule has 0 heterocycles. The van der Waals surface area contributed by atoms with Crippen LogP contribution in [0, 0.1) is 0 Å². The Bertz CT molecular complexity index is 1410. The summed E-state index contributed by atoms with van der Waals surface area (Å²) in [5.41, 5.74) is 0. The van der Waals surface area contributed by atoms with Gasteiger partial charge in [-0.05, 0) is 64.2 Å².